The van der Waals surface area contributed by atoms with E-state index in [9.17, 15) is 23.0 Å². The minimum absolute atomic E-state index is 0.0958. The predicted molar refractivity (Wildman–Crippen MR) is 216 cm³/mol. The van der Waals surface area contributed by atoms with Gasteiger partial charge in [-0.15, -0.1) is 0 Å². The van der Waals surface area contributed by atoms with Gasteiger partial charge < -0.3 is 29.2 Å². The molecule has 2 aromatic rings. The molecule has 13 heteroatoms. The van der Waals surface area contributed by atoms with Crippen molar-refractivity contribution >= 4 is 10.1 Å². The van der Waals surface area contributed by atoms with Crippen LogP contribution >= 0.6 is 0 Å². The van der Waals surface area contributed by atoms with Crippen molar-refractivity contribution in [2.24, 2.45) is 23.7 Å². The van der Waals surface area contributed by atoms with Gasteiger partial charge in [0.05, 0.1) is 59.2 Å². The van der Waals surface area contributed by atoms with E-state index in [-0.39, 0.29) is 37.6 Å². The summed E-state index contributed by atoms with van der Waals surface area (Å²) in [7, 11) is -0.167. The van der Waals surface area contributed by atoms with Crippen molar-refractivity contribution in [3.05, 3.63) is 46.5 Å². The number of aliphatic hydroxyl groups is 2. The lowest BCUT2D eigenvalue weighted by molar-refractivity contribution is -0.0192. The molecule has 0 bridgehead atoms. The van der Waals surface area contributed by atoms with Crippen LogP contribution in [-0.2, 0) is 27.1 Å². The van der Waals surface area contributed by atoms with Gasteiger partial charge >= 0.3 is 0 Å². The number of benzene rings is 2. The number of fused-ring (bicyclic) bond motifs is 6. The largest absolute Gasteiger partial charge is 0.493 e. The summed E-state index contributed by atoms with van der Waals surface area (Å²) in [4.78, 5) is 5.02. The van der Waals surface area contributed by atoms with Gasteiger partial charge in [-0.1, -0.05) is 27.7 Å². The highest BCUT2D eigenvalue weighted by Gasteiger charge is 2.40. The topological polar surface area (TPSA) is 127 Å². The Bertz CT molecular complexity index is 1670. The zero-order valence-electron chi connectivity index (χ0n) is 34.7. The van der Waals surface area contributed by atoms with Crippen molar-refractivity contribution in [1.82, 2.24) is 9.80 Å². The molecule has 2 N–H and O–H groups in total. The molecule has 2 fully saturated rings. The van der Waals surface area contributed by atoms with Crippen molar-refractivity contribution in [3.8, 4) is 23.0 Å². The second-order valence-electron chi connectivity index (χ2n) is 16.9. The maximum Gasteiger partial charge on any atom is 0.264 e. The van der Waals surface area contributed by atoms with E-state index >= 15 is 0 Å². The molecule has 56 heavy (non-hydrogen) atoms. The van der Waals surface area contributed by atoms with Gasteiger partial charge in [0, 0.05) is 51.1 Å². The van der Waals surface area contributed by atoms with Crippen molar-refractivity contribution in [2.45, 2.75) is 103 Å². The third kappa shape index (κ3) is 11.7. The van der Waals surface area contributed by atoms with Crippen LogP contribution in [0.5, 0.6) is 23.0 Å². The average molecular weight is 806 g/mol. The molecule has 0 saturated carbocycles. The average Bonchev–Trinajstić information content (AvgIpc) is 3.14. The van der Waals surface area contributed by atoms with Crippen LogP contribution in [-0.4, -0.2) is 114 Å². The van der Waals surface area contributed by atoms with E-state index in [1.165, 1.54) is 22.3 Å². The molecule has 0 radical (unpaired) electrons. The van der Waals surface area contributed by atoms with Crippen molar-refractivity contribution in [3.63, 3.8) is 0 Å². The Morgan fingerprint density at radius 3 is 1.55 bits per heavy atom. The first kappa shape index (κ1) is 44.4. The summed E-state index contributed by atoms with van der Waals surface area (Å²) in [5, 5.41) is 21.4. The lowest BCUT2D eigenvalue weighted by atomic mass is 9.79. The highest BCUT2D eigenvalue weighted by atomic mass is 32.2. The van der Waals surface area contributed by atoms with Crippen molar-refractivity contribution in [2.75, 3.05) is 73.1 Å². The smallest absolute Gasteiger partial charge is 0.264 e. The fourth-order valence-electron chi connectivity index (χ4n) is 9.11. The minimum atomic E-state index is -3.43. The summed E-state index contributed by atoms with van der Waals surface area (Å²) >= 11 is 0. The van der Waals surface area contributed by atoms with Crippen LogP contribution in [0.1, 0.15) is 101 Å². The van der Waals surface area contributed by atoms with Gasteiger partial charge in [0.2, 0.25) is 0 Å². The summed E-state index contributed by atoms with van der Waals surface area (Å²) in [6.07, 6.45) is 6.91. The monoisotopic (exact) mass is 805 g/mol. The number of piperidine rings is 2. The SMILES string of the molecule is COc1cc2c(cc1OCCCOS(C)(=O)=O)CCN1C[C@@H](CC(C)C)[C@H](O)C[C@H]21.COc1cc2c(cc1OCCC[18F])CCN1C[C@@H](CC(C)C)[C@H](O)C[C@H]21. The van der Waals surface area contributed by atoms with Crippen LogP contribution in [0.25, 0.3) is 0 Å². The Morgan fingerprint density at radius 2 is 1.16 bits per heavy atom. The predicted octanol–water partition coefficient (Wildman–Crippen LogP) is 6.53. The van der Waals surface area contributed by atoms with E-state index in [0.29, 0.717) is 72.7 Å². The van der Waals surface area contributed by atoms with Crippen LogP contribution in [0.3, 0.4) is 0 Å². The van der Waals surface area contributed by atoms with Crippen LogP contribution in [0, 0.1) is 23.7 Å². The van der Waals surface area contributed by atoms with Gasteiger partial charge in [-0.2, -0.15) is 8.42 Å². The minimum Gasteiger partial charge on any atom is -0.493 e. The first-order chi connectivity index (χ1) is 26.7. The van der Waals surface area contributed by atoms with E-state index < -0.39 is 10.1 Å². The Balaban J connectivity index is 0.000000216. The van der Waals surface area contributed by atoms with Crippen LogP contribution in [0.4, 0.5) is 4.39 Å². The number of aliphatic hydroxyl groups excluding tert-OH is 2. The zero-order chi connectivity index (χ0) is 40.6. The molecule has 2 saturated heterocycles. The van der Waals surface area contributed by atoms with Crippen LogP contribution < -0.4 is 18.9 Å². The molecule has 4 heterocycles. The summed E-state index contributed by atoms with van der Waals surface area (Å²) in [5.74, 6) is 4.61. The van der Waals surface area contributed by atoms with Crippen LogP contribution in [0.2, 0.25) is 0 Å². The van der Waals surface area contributed by atoms with Gasteiger partial charge in [0.1, 0.15) is 0 Å². The molecule has 0 aromatic heterocycles. The Hall–Kier alpha value is -2.68. The van der Waals surface area contributed by atoms with Gasteiger partial charge in [0.25, 0.3) is 10.1 Å². The molecule has 316 valence electrons. The number of methoxy groups -OCH3 is 2. The normalized spacial score (nSPS) is 25.0. The van der Waals surface area contributed by atoms with Crippen molar-refractivity contribution in [1.29, 1.82) is 0 Å². The molecule has 0 amide bonds. The second-order valence-corrected chi connectivity index (χ2v) is 18.6. The first-order valence-corrected chi connectivity index (χ1v) is 22.4. The summed E-state index contributed by atoms with van der Waals surface area (Å²) in [6.45, 7) is 13.2. The van der Waals surface area contributed by atoms with Crippen molar-refractivity contribution < 1.29 is 46.2 Å². The molecule has 11 nitrogen and oxygen atoms in total. The third-order valence-electron chi connectivity index (χ3n) is 11.7. The highest BCUT2D eigenvalue weighted by Crippen LogP contribution is 2.45. The van der Waals surface area contributed by atoms with E-state index in [0.717, 1.165) is 71.0 Å². The maximum atomic E-state index is 12.3. The zero-order valence-corrected chi connectivity index (χ0v) is 35.5. The second kappa shape index (κ2) is 20.3. The molecular weight excluding hydrogens is 739 g/mol. The Labute approximate surface area is 334 Å². The number of hydrogen-bond acceptors (Lipinski definition) is 11. The lowest BCUT2D eigenvalue weighted by Gasteiger charge is -2.46. The number of halogens is 1. The summed E-state index contributed by atoms with van der Waals surface area (Å²) < 4.78 is 61.8. The molecular formula is C43H67FN2O9S. The first-order valence-electron chi connectivity index (χ1n) is 20.6. The third-order valence-corrected chi connectivity index (χ3v) is 12.3. The van der Waals surface area contributed by atoms with E-state index in [1.807, 2.05) is 12.1 Å². The van der Waals surface area contributed by atoms with Gasteiger partial charge in [-0.05, 0) is 109 Å². The van der Waals surface area contributed by atoms with E-state index in [4.69, 9.17) is 23.1 Å². The van der Waals surface area contributed by atoms with E-state index in [1.54, 1.807) is 14.2 Å². The molecule has 0 aliphatic carbocycles. The Kier molecular flexibility index (Phi) is 16.1. The summed E-state index contributed by atoms with van der Waals surface area (Å²) in [5.41, 5.74) is 4.95. The molecule has 4 aliphatic heterocycles. The molecule has 0 spiro atoms. The number of nitrogens with zero attached hydrogens (tertiary/aromatic N) is 2. The van der Waals surface area contributed by atoms with E-state index in [2.05, 4.69) is 49.6 Å². The standard InChI is InChI=1S/C22H35NO6S.C21H32FNO3/c1-15(2)10-17-14-23-7-6-16-11-22(28-8-5-9-29-30(4,25)26)21(27-3)12-18(16)19(23)13-20(17)24;1-14(2)9-16-13-23-7-5-15-10-21(26-8-4-6-22)20(25-3)11-17(15)18(23)12-19(16)24/h11-12,15,17,19-20,24H,5-10,13-14H2,1-4H3;10-11,14,16,18-19,24H,4-9,12-13H2,1-3H3/t17-,19-,20-;16-,18-,19-/m11/s1/i;22-1. The maximum absolute atomic E-state index is 12.3. The number of rotatable bonds is 16. The quantitative estimate of drug-likeness (QED) is 0.142. The number of alkyl halides is 1. The molecule has 6 atom stereocenters. The lowest BCUT2D eigenvalue weighted by Crippen LogP contribution is -2.48. The fraction of sp³-hybridized carbons (Fsp3) is 0.721. The number of hydrogen-bond donors (Lipinski definition) is 2. The van der Waals surface area contributed by atoms with Gasteiger partial charge in [-0.3, -0.25) is 18.4 Å². The highest BCUT2D eigenvalue weighted by molar-refractivity contribution is 7.85. The van der Waals surface area contributed by atoms with Crippen LogP contribution in [0.15, 0.2) is 24.3 Å². The fourth-order valence-corrected chi connectivity index (χ4v) is 9.53. The summed E-state index contributed by atoms with van der Waals surface area (Å²) in [6, 6.07) is 8.65. The molecule has 6 rings (SSSR count). The molecule has 4 aliphatic rings. The van der Waals surface area contributed by atoms with Gasteiger partial charge in [0.15, 0.2) is 23.0 Å². The molecule has 0 unspecified atom stereocenters. The number of ether oxygens (including phenoxy) is 4. The Morgan fingerprint density at radius 1 is 0.714 bits per heavy atom. The molecule has 2 aromatic carbocycles. The van der Waals surface area contributed by atoms with Gasteiger partial charge in [-0.25, -0.2) is 0 Å².